The highest BCUT2D eigenvalue weighted by molar-refractivity contribution is 6.06. The Hall–Kier alpha value is -3.02. The second kappa shape index (κ2) is 6.23. The molecule has 24 heavy (non-hydrogen) atoms. The van der Waals surface area contributed by atoms with Crippen molar-refractivity contribution >= 4 is 11.9 Å². The van der Waals surface area contributed by atoms with Gasteiger partial charge in [-0.15, -0.1) is 0 Å². The summed E-state index contributed by atoms with van der Waals surface area (Å²) >= 11 is 0. The van der Waals surface area contributed by atoms with Crippen LogP contribution in [0.3, 0.4) is 0 Å². The van der Waals surface area contributed by atoms with Gasteiger partial charge in [-0.2, -0.15) is 10.2 Å². The van der Waals surface area contributed by atoms with E-state index in [-0.39, 0.29) is 11.6 Å². The fourth-order valence-electron chi connectivity index (χ4n) is 2.53. The van der Waals surface area contributed by atoms with Crippen LogP contribution in [0.15, 0.2) is 42.7 Å². The Bertz CT molecular complexity index is 919. The van der Waals surface area contributed by atoms with Crippen molar-refractivity contribution < 1.29 is 9.18 Å². The first-order valence-electron chi connectivity index (χ1n) is 7.49. The quantitative estimate of drug-likeness (QED) is 0.547. The lowest BCUT2D eigenvalue weighted by atomic mass is 10.1. The molecule has 0 saturated heterocycles. The van der Waals surface area contributed by atoms with Crippen LogP contribution in [0.5, 0.6) is 0 Å². The number of carbonyl (C=O) groups excluding carboxylic acids is 1. The average Bonchev–Trinajstić information content (AvgIpc) is 3.10. The van der Waals surface area contributed by atoms with Crippen LogP contribution in [0, 0.1) is 19.7 Å². The van der Waals surface area contributed by atoms with Crippen molar-refractivity contribution in [2.45, 2.75) is 13.8 Å². The second-order valence-electron chi connectivity index (χ2n) is 5.57. The van der Waals surface area contributed by atoms with E-state index in [1.807, 2.05) is 13.8 Å². The van der Waals surface area contributed by atoms with Crippen molar-refractivity contribution in [2.24, 2.45) is 7.05 Å². The van der Waals surface area contributed by atoms with E-state index in [1.165, 1.54) is 24.4 Å². The largest absolute Gasteiger partial charge is 0.289 e. The third-order valence-corrected chi connectivity index (χ3v) is 3.81. The Morgan fingerprint density at radius 1 is 1.21 bits per heavy atom. The smallest absolute Gasteiger partial charge is 0.189 e. The number of rotatable bonds is 4. The zero-order valence-electron chi connectivity index (χ0n) is 13.7. The van der Waals surface area contributed by atoms with Gasteiger partial charge >= 0.3 is 0 Å². The van der Waals surface area contributed by atoms with E-state index < -0.39 is 0 Å². The first-order chi connectivity index (χ1) is 11.5. The molecule has 0 aliphatic rings. The van der Waals surface area contributed by atoms with Crippen LogP contribution in [0.25, 0.3) is 11.8 Å². The molecule has 122 valence electrons. The highest BCUT2D eigenvalue weighted by atomic mass is 19.1. The SMILES string of the molecule is Cc1nn(-c2ccc(F)cc2)c(C)c1/C=C\C(=O)c1cnn(C)c1. The van der Waals surface area contributed by atoms with Gasteiger partial charge in [0.25, 0.3) is 0 Å². The third kappa shape index (κ3) is 3.03. The molecule has 1 aromatic carbocycles. The minimum absolute atomic E-state index is 0.114. The molecule has 6 heteroatoms. The van der Waals surface area contributed by atoms with Crippen LogP contribution >= 0.6 is 0 Å². The summed E-state index contributed by atoms with van der Waals surface area (Å²) in [5.74, 6) is -0.404. The van der Waals surface area contributed by atoms with Crippen molar-refractivity contribution in [1.29, 1.82) is 0 Å². The molecule has 3 aromatic rings. The molecular formula is C18H17FN4O. The molecule has 0 aliphatic heterocycles. The van der Waals surface area contributed by atoms with Gasteiger partial charge in [-0.05, 0) is 50.3 Å². The number of allylic oxidation sites excluding steroid dienone is 1. The summed E-state index contributed by atoms with van der Waals surface area (Å²) < 4.78 is 16.4. The van der Waals surface area contributed by atoms with E-state index in [1.54, 1.807) is 40.8 Å². The first kappa shape index (κ1) is 15.9. The summed E-state index contributed by atoms with van der Waals surface area (Å²) in [4.78, 5) is 12.2. The van der Waals surface area contributed by atoms with Crippen molar-refractivity contribution in [1.82, 2.24) is 19.6 Å². The normalized spacial score (nSPS) is 11.3. The Morgan fingerprint density at radius 2 is 1.92 bits per heavy atom. The molecule has 0 unspecified atom stereocenters. The summed E-state index contributed by atoms with van der Waals surface area (Å²) in [5, 5.41) is 8.47. The van der Waals surface area contributed by atoms with Crippen molar-refractivity contribution in [3.05, 3.63) is 71.1 Å². The lowest BCUT2D eigenvalue weighted by Gasteiger charge is -2.04. The van der Waals surface area contributed by atoms with Gasteiger partial charge in [-0.1, -0.05) is 0 Å². The van der Waals surface area contributed by atoms with E-state index in [9.17, 15) is 9.18 Å². The molecular weight excluding hydrogens is 307 g/mol. The van der Waals surface area contributed by atoms with Gasteiger partial charge in [0.1, 0.15) is 5.82 Å². The Labute approximate surface area is 139 Å². The van der Waals surface area contributed by atoms with E-state index in [0.29, 0.717) is 5.56 Å². The number of aromatic nitrogens is 4. The van der Waals surface area contributed by atoms with Gasteiger partial charge < -0.3 is 0 Å². The number of aryl methyl sites for hydroxylation is 2. The van der Waals surface area contributed by atoms with Gasteiger partial charge in [0, 0.05) is 24.5 Å². The standard InChI is InChI=1S/C18H17FN4O/c1-12-17(8-9-18(24)14-10-20-22(3)11-14)13(2)23(21-12)16-6-4-15(19)5-7-16/h4-11H,1-3H3/b9-8-. The van der Waals surface area contributed by atoms with Crippen LogP contribution in [0.2, 0.25) is 0 Å². The number of halogens is 1. The lowest BCUT2D eigenvalue weighted by Crippen LogP contribution is -1.99. The monoisotopic (exact) mass is 324 g/mol. The lowest BCUT2D eigenvalue weighted by molar-refractivity contribution is 0.104. The number of carbonyl (C=O) groups is 1. The molecule has 0 bridgehead atoms. The zero-order chi connectivity index (χ0) is 17.3. The number of nitrogens with zero attached hydrogens (tertiary/aromatic N) is 4. The molecule has 2 aromatic heterocycles. The second-order valence-corrected chi connectivity index (χ2v) is 5.57. The summed E-state index contributed by atoms with van der Waals surface area (Å²) in [6.45, 7) is 3.79. The molecule has 0 spiro atoms. The predicted molar refractivity (Wildman–Crippen MR) is 89.6 cm³/mol. The first-order valence-corrected chi connectivity index (χ1v) is 7.49. The molecule has 5 nitrogen and oxygen atoms in total. The van der Waals surface area contributed by atoms with Crippen LogP contribution in [-0.2, 0) is 7.05 Å². The van der Waals surface area contributed by atoms with Crippen molar-refractivity contribution in [3.63, 3.8) is 0 Å². The molecule has 0 fully saturated rings. The Morgan fingerprint density at radius 3 is 2.54 bits per heavy atom. The fraction of sp³-hybridized carbons (Fsp3) is 0.167. The van der Waals surface area contributed by atoms with Crippen LogP contribution in [-0.4, -0.2) is 25.3 Å². The highest BCUT2D eigenvalue weighted by Gasteiger charge is 2.12. The zero-order valence-corrected chi connectivity index (χ0v) is 13.7. The summed E-state index contributed by atoms with van der Waals surface area (Å²) in [6.07, 6.45) is 6.48. The van der Waals surface area contributed by atoms with E-state index in [4.69, 9.17) is 0 Å². The number of hydrogen-bond donors (Lipinski definition) is 0. The number of hydrogen-bond acceptors (Lipinski definition) is 3. The molecule has 3 rings (SSSR count). The molecule has 0 saturated carbocycles. The summed E-state index contributed by atoms with van der Waals surface area (Å²) in [6, 6.07) is 6.13. The van der Waals surface area contributed by atoms with Gasteiger partial charge in [0.05, 0.1) is 23.1 Å². The summed E-state index contributed by atoms with van der Waals surface area (Å²) in [7, 11) is 1.77. The molecule has 0 N–H and O–H groups in total. The van der Waals surface area contributed by atoms with Crippen LogP contribution in [0.4, 0.5) is 4.39 Å². The molecule has 0 aliphatic carbocycles. The molecule has 2 heterocycles. The molecule has 0 amide bonds. The number of benzene rings is 1. The van der Waals surface area contributed by atoms with Crippen LogP contribution < -0.4 is 0 Å². The third-order valence-electron chi connectivity index (χ3n) is 3.81. The minimum Gasteiger partial charge on any atom is -0.289 e. The number of ketones is 1. The Kier molecular flexibility index (Phi) is 4.12. The van der Waals surface area contributed by atoms with Crippen LogP contribution in [0.1, 0.15) is 27.3 Å². The maximum atomic E-state index is 13.1. The summed E-state index contributed by atoms with van der Waals surface area (Å²) in [5.41, 5.74) is 3.86. The van der Waals surface area contributed by atoms with Gasteiger partial charge in [0.15, 0.2) is 5.78 Å². The maximum Gasteiger partial charge on any atom is 0.189 e. The minimum atomic E-state index is -0.289. The average molecular weight is 324 g/mol. The highest BCUT2D eigenvalue weighted by Crippen LogP contribution is 2.19. The topological polar surface area (TPSA) is 52.7 Å². The van der Waals surface area contributed by atoms with Gasteiger partial charge in [0.2, 0.25) is 0 Å². The Balaban J connectivity index is 1.90. The molecule has 0 radical (unpaired) electrons. The van der Waals surface area contributed by atoms with Gasteiger partial charge in [-0.25, -0.2) is 9.07 Å². The fourth-order valence-corrected chi connectivity index (χ4v) is 2.53. The van der Waals surface area contributed by atoms with E-state index in [2.05, 4.69) is 10.2 Å². The maximum absolute atomic E-state index is 13.1. The molecule has 0 atom stereocenters. The van der Waals surface area contributed by atoms with Crippen molar-refractivity contribution in [3.8, 4) is 5.69 Å². The van der Waals surface area contributed by atoms with E-state index >= 15 is 0 Å². The van der Waals surface area contributed by atoms with Gasteiger partial charge in [-0.3, -0.25) is 9.48 Å². The predicted octanol–water partition coefficient (Wildman–Crippen LogP) is 3.26. The van der Waals surface area contributed by atoms with Crippen molar-refractivity contribution in [2.75, 3.05) is 0 Å². The van der Waals surface area contributed by atoms with E-state index in [0.717, 1.165) is 22.6 Å².